The van der Waals surface area contributed by atoms with Crippen molar-refractivity contribution >= 4 is 17.0 Å². The normalized spacial score (nSPS) is 28.5. The van der Waals surface area contributed by atoms with E-state index >= 15 is 0 Å². The minimum atomic E-state index is -1.19. The van der Waals surface area contributed by atoms with Gasteiger partial charge in [-0.15, -0.1) is 0 Å². The second-order valence-electron chi connectivity index (χ2n) is 5.31. The maximum absolute atomic E-state index is 10.2. The van der Waals surface area contributed by atoms with Gasteiger partial charge in [-0.05, 0) is 6.42 Å². The van der Waals surface area contributed by atoms with E-state index in [2.05, 4.69) is 15.0 Å². The van der Waals surface area contributed by atoms with E-state index in [1.807, 2.05) is 6.92 Å². The standard InChI is InChI=1S/C13H19N5O4/c1-2-3-7-17-8-11(14)15-5-16-12(8)18(7)13-10(21)9(20)6(4-19)22-13/h5-6,9-10,13,19-21H,2-4H2,1H3,(H2,14,15,16)/t6-,9-,10-,13-/m1/s1. The van der Waals surface area contributed by atoms with Gasteiger partial charge in [0, 0.05) is 6.42 Å². The molecule has 22 heavy (non-hydrogen) atoms. The Balaban J connectivity index is 2.13. The number of fused-ring (bicyclic) bond motifs is 1. The summed E-state index contributed by atoms with van der Waals surface area (Å²) in [5.74, 6) is 0.882. The lowest BCUT2D eigenvalue weighted by Crippen LogP contribution is -2.33. The van der Waals surface area contributed by atoms with Crippen molar-refractivity contribution in [3.05, 3.63) is 12.2 Å². The molecular weight excluding hydrogens is 290 g/mol. The van der Waals surface area contributed by atoms with Gasteiger partial charge in [-0.2, -0.15) is 0 Å². The maximum atomic E-state index is 10.2. The lowest BCUT2D eigenvalue weighted by molar-refractivity contribution is -0.0522. The van der Waals surface area contributed by atoms with Crippen LogP contribution in [0.1, 0.15) is 25.4 Å². The Morgan fingerprint density at radius 3 is 2.73 bits per heavy atom. The van der Waals surface area contributed by atoms with E-state index in [4.69, 9.17) is 10.5 Å². The fourth-order valence-electron chi connectivity index (χ4n) is 2.73. The van der Waals surface area contributed by atoms with Crippen LogP contribution in [0, 0.1) is 0 Å². The lowest BCUT2D eigenvalue weighted by Gasteiger charge is -2.19. The van der Waals surface area contributed by atoms with Gasteiger partial charge in [-0.1, -0.05) is 6.92 Å². The molecule has 1 aliphatic rings. The van der Waals surface area contributed by atoms with Crippen molar-refractivity contribution in [1.29, 1.82) is 0 Å². The molecule has 2 aromatic heterocycles. The molecule has 0 bridgehead atoms. The third kappa shape index (κ3) is 2.22. The first kappa shape index (κ1) is 15.1. The highest BCUT2D eigenvalue weighted by molar-refractivity contribution is 5.81. The number of hydrogen-bond donors (Lipinski definition) is 4. The molecule has 9 nitrogen and oxygen atoms in total. The number of anilines is 1. The van der Waals surface area contributed by atoms with Crippen LogP contribution >= 0.6 is 0 Å². The van der Waals surface area contributed by atoms with Gasteiger partial charge in [0.2, 0.25) is 0 Å². The molecule has 0 radical (unpaired) electrons. The number of nitrogens with two attached hydrogens (primary N) is 1. The molecule has 5 N–H and O–H groups in total. The van der Waals surface area contributed by atoms with Crippen molar-refractivity contribution in [1.82, 2.24) is 19.5 Å². The molecule has 0 saturated carbocycles. The van der Waals surface area contributed by atoms with Crippen LogP contribution in [-0.2, 0) is 11.2 Å². The van der Waals surface area contributed by atoms with E-state index in [1.54, 1.807) is 4.57 Å². The number of nitrogen functional groups attached to an aromatic ring is 1. The smallest absolute Gasteiger partial charge is 0.167 e. The second kappa shape index (κ2) is 5.76. The molecule has 4 atom stereocenters. The van der Waals surface area contributed by atoms with Gasteiger partial charge in [0.25, 0.3) is 0 Å². The molecule has 0 amide bonds. The summed E-state index contributed by atoms with van der Waals surface area (Å²) in [5, 5.41) is 29.4. The molecule has 1 fully saturated rings. The maximum Gasteiger partial charge on any atom is 0.167 e. The number of nitrogens with zero attached hydrogens (tertiary/aromatic N) is 4. The Kier molecular flexibility index (Phi) is 3.96. The number of rotatable bonds is 4. The first-order valence-corrected chi connectivity index (χ1v) is 7.18. The predicted molar refractivity (Wildman–Crippen MR) is 76.7 cm³/mol. The third-order valence-corrected chi connectivity index (χ3v) is 3.82. The van der Waals surface area contributed by atoms with Crippen LogP contribution in [0.3, 0.4) is 0 Å². The van der Waals surface area contributed by atoms with Crippen LogP contribution in [0.4, 0.5) is 5.82 Å². The highest BCUT2D eigenvalue weighted by Crippen LogP contribution is 2.33. The Labute approximate surface area is 126 Å². The van der Waals surface area contributed by atoms with E-state index in [1.165, 1.54) is 6.33 Å². The molecule has 9 heteroatoms. The summed E-state index contributed by atoms with van der Waals surface area (Å²) in [6.07, 6.45) is -1.35. The van der Waals surface area contributed by atoms with E-state index in [9.17, 15) is 15.3 Å². The average Bonchev–Trinajstić information content (AvgIpc) is 3.00. The van der Waals surface area contributed by atoms with Crippen molar-refractivity contribution in [3.63, 3.8) is 0 Å². The third-order valence-electron chi connectivity index (χ3n) is 3.82. The number of imidazole rings is 1. The number of aliphatic hydroxyl groups excluding tert-OH is 3. The zero-order chi connectivity index (χ0) is 15.9. The summed E-state index contributed by atoms with van der Waals surface area (Å²) in [5.41, 5.74) is 6.70. The Morgan fingerprint density at radius 1 is 1.32 bits per heavy atom. The number of aromatic nitrogens is 4. The number of ether oxygens (including phenoxy) is 1. The van der Waals surface area contributed by atoms with Crippen molar-refractivity contribution in [3.8, 4) is 0 Å². The molecule has 0 aliphatic carbocycles. The van der Waals surface area contributed by atoms with E-state index in [-0.39, 0.29) is 12.4 Å². The van der Waals surface area contributed by atoms with Crippen molar-refractivity contribution in [2.45, 2.75) is 44.3 Å². The van der Waals surface area contributed by atoms with Gasteiger partial charge in [0.05, 0.1) is 6.61 Å². The fourth-order valence-corrected chi connectivity index (χ4v) is 2.73. The fraction of sp³-hybridized carbons (Fsp3) is 0.615. The number of aryl methyl sites for hydroxylation is 1. The monoisotopic (exact) mass is 309 g/mol. The molecule has 1 aliphatic heterocycles. The van der Waals surface area contributed by atoms with Crippen molar-refractivity contribution < 1.29 is 20.1 Å². The SMILES string of the molecule is CCCc1nc2c(N)ncnc2n1[C@@H]1O[C@H](CO)[C@@H](O)[C@H]1O. The van der Waals surface area contributed by atoms with Crippen LogP contribution in [0.2, 0.25) is 0 Å². The minimum Gasteiger partial charge on any atom is -0.394 e. The number of hydrogen-bond acceptors (Lipinski definition) is 8. The molecule has 120 valence electrons. The quantitative estimate of drug-likeness (QED) is 0.562. The molecule has 3 rings (SSSR count). The van der Waals surface area contributed by atoms with Crippen molar-refractivity contribution in [2.75, 3.05) is 12.3 Å². The van der Waals surface area contributed by atoms with Gasteiger partial charge in [-0.25, -0.2) is 15.0 Å². The molecule has 0 unspecified atom stereocenters. The molecule has 2 aromatic rings. The summed E-state index contributed by atoms with van der Waals surface area (Å²) in [6, 6.07) is 0. The van der Waals surface area contributed by atoms with E-state index in [0.29, 0.717) is 23.4 Å². The Morgan fingerprint density at radius 2 is 2.09 bits per heavy atom. The largest absolute Gasteiger partial charge is 0.394 e. The second-order valence-corrected chi connectivity index (χ2v) is 5.31. The summed E-state index contributed by atoms with van der Waals surface area (Å²) in [4.78, 5) is 12.5. The van der Waals surface area contributed by atoms with E-state index in [0.717, 1.165) is 6.42 Å². The van der Waals surface area contributed by atoms with Gasteiger partial charge in [-0.3, -0.25) is 4.57 Å². The molecule has 0 spiro atoms. The summed E-state index contributed by atoms with van der Waals surface area (Å²) in [6.45, 7) is 1.61. The van der Waals surface area contributed by atoms with Crippen LogP contribution in [-0.4, -0.2) is 59.8 Å². The zero-order valence-corrected chi connectivity index (χ0v) is 12.1. The lowest BCUT2D eigenvalue weighted by atomic mass is 10.1. The predicted octanol–water partition coefficient (Wildman–Crippen LogP) is -1.03. The summed E-state index contributed by atoms with van der Waals surface area (Å²) in [7, 11) is 0. The first-order chi connectivity index (χ1) is 10.6. The van der Waals surface area contributed by atoms with Gasteiger partial charge in [0.1, 0.15) is 30.5 Å². The van der Waals surface area contributed by atoms with Gasteiger partial charge in [0.15, 0.2) is 23.2 Å². The van der Waals surface area contributed by atoms with Gasteiger partial charge < -0.3 is 25.8 Å². The van der Waals surface area contributed by atoms with Crippen molar-refractivity contribution in [2.24, 2.45) is 0 Å². The number of aliphatic hydroxyl groups is 3. The average molecular weight is 309 g/mol. The Hall–Kier alpha value is -1.81. The zero-order valence-electron chi connectivity index (χ0n) is 12.1. The highest BCUT2D eigenvalue weighted by Gasteiger charge is 2.44. The minimum absolute atomic E-state index is 0.243. The topological polar surface area (TPSA) is 140 Å². The van der Waals surface area contributed by atoms with Crippen LogP contribution in [0.25, 0.3) is 11.2 Å². The van der Waals surface area contributed by atoms with Crippen LogP contribution in [0.5, 0.6) is 0 Å². The van der Waals surface area contributed by atoms with Crippen LogP contribution in [0.15, 0.2) is 6.33 Å². The van der Waals surface area contributed by atoms with Gasteiger partial charge >= 0.3 is 0 Å². The highest BCUT2D eigenvalue weighted by atomic mass is 16.6. The molecule has 3 heterocycles. The van der Waals surface area contributed by atoms with Crippen LogP contribution < -0.4 is 5.73 Å². The molecular formula is C13H19N5O4. The molecule has 1 saturated heterocycles. The summed E-state index contributed by atoms with van der Waals surface area (Å²) < 4.78 is 7.21. The first-order valence-electron chi connectivity index (χ1n) is 7.18. The summed E-state index contributed by atoms with van der Waals surface area (Å²) >= 11 is 0. The molecule has 0 aromatic carbocycles. The Bertz CT molecular complexity index is 676. The van der Waals surface area contributed by atoms with E-state index < -0.39 is 24.5 Å².